The molecule has 2 rings (SSSR count). The number of nitriles is 1. The Labute approximate surface area is 80.6 Å². The lowest BCUT2D eigenvalue weighted by atomic mass is 10.1. The van der Waals surface area contributed by atoms with Gasteiger partial charge in [0.15, 0.2) is 0 Å². The maximum atomic E-state index is 13.0. The fourth-order valence-corrected chi connectivity index (χ4v) is 1.29. The molecule has 0 radical (unpaired) electrons. The normalized spacial score (nSPS) is 9.71. The zero-order valence-corrected chi connectivity index (χ0v) is 7.29. The molecule has 0 atom stereocenters. The van der Waals surface area contributed by atoms with Crippen LogP contribution >= 0.6 is 0 Å². The molecule has 0 unspecified atom stereocenters. The summed E-state index contributed by atoms with van der Waals surface area (Å²) in [5.74, 6) is -0.484. The number of halogens is 1. The third kappa shape index (κ3) is 1.38. The smallest absolute Gasteiger partial charge is 0.140 e. The molecule has 0 fully saturated rings. The summed E-state index contributed by atoms with van der Waals surface area (Å²) in [5.41, 5.74) is 1.76. The van der Waals surface area contributed by atoms with Gasteiger partial charge in [-0.15, -0.1) is 0 Å². The number of nitrogens with one attached hydrogen (secondary N) is 1. The van der Waals surface area contributed by atoms with Gasteiger partial charge in [0.2, 0.25) is 0 Å². The Kier molecular flexibility index (Phi) is 2.04. The van der Waals surface area contributed by atoms with Gasteiger partial charge >= 0.3 is 0 Å². The Morgan fingerprint density at radius 2 is 2.14 bits per heavy atom. The van der Waals surface area contributed by atoms with Gasteiger partial charge in [-0.25, -0.2) is 4.39 Å². The summed E-state index contributed by atoms with van der Waals surface area (Å²) < 4.78 is 13.0. The largest absolute Gasteiger partial charge is 0.361 e. The van der Waals surface area contributed by atoms with Crippen molar-refractivity contribution in [1.82, 2.24) is 4.98 Å². The van der Waals surface area contributed by atoms with Crippen LogP contribution < -0.4 is 0 Å². The van der Waals surface area contributed by atoms with Gasteiger partial charge in [0, 0.05) is 11.9 Å². The molecule has 0 spiro atoms. The SMILES string of the molecule is N#Cc1cc(-c2ccc[nH]2)ccc1F. The number of aromatic nitrogens is 1. The van der Waals surface area contributed by atoms with Crippen LogP contribution in [-0.2, 0) is 0 Å². The molecule has 2 aromatic rings. The van der Waals surface area contributed by atoms with E-state index in [0.29, 0.717) is 0 Å². The van der Waals surface area contributed by atoms with E-state index in [1.807, 2.05) is 18.2 Å². The fraction of sp³-hybridized carbons (Fsp3) is 0. The number of aromatic amines is 1. The summed E-state index contributed by atoms with van der Waals surface area (Å²) in [7, 11) is 0. The van der Waals surface area contributed by atoms with Crippen LogP contribution in [0.2, 0.25) is 0 Å². The van der Waals surface area contributed by atoms with Crippen LogP contribution in [0, 0.1) is 17.1 Å². The predicted octanol–water partition coefficient (Wildman–Crippen LogP) is 2.69. The Bertz CT molecular complexity index is 480. The molecule has 14 heavy (non-hydrogen) atoms. The summed E-state index contributed by atoms with van der Waals surface area (Å²) in [6.07, 6.45) is 1.78. The van der Waals surface area contributed by atoms with Crippen molar-refractivity contribution in [2.45, 2.75) is 0 Å². The third-order valence-corrected chi connectivity index (χ3v) is 2.00. The van der Waals surface area contributed by atoms with Crippen LogP contribution in [0.15, 0.2) is 36.5 Å². The van der Waals surface area contributed by atoms with Crippen molar-refractivity contribution in [3.05, 3.63) is 47.9 Å². The number of nitrogens with zero attached hydrogens (tertiary/aromatic N) is 1. The molecule has 1 N–H and O–H groups in total. The van der Waals surface area contributed by atoms with Gasteiger partial charge in [-0.1, -0.05) is 0 Å². The van der Waals surface area contributed by atoms with Crippen molar-refractivity contribution in [3.8, 4) is 17.3 Å². The van der Waals surface area contributed by atoms with E-state index in [0.717, 1.165) is 11.3 Å². The van der Waals surface area contributed by atoms with E-state index in [1.165, 1.54) is 12.1 Å². The maximum Gasteiger partial charge on any atom is 0.140 e. The first-order valence-electron chi connectivity index (χ1n) is 4.14. The highest BCUT2D eigenvalue weighted by Gasteiger charge is 2.04. The second-order valence-electron chi connectivity index (χ2n) is 2.89. The number of hydrogen-bond donors (Lipinski definition) is 1. The highest BCUT2D eigenvalue weighted by molar-refractivity contribution is 5.61. The number of benzene rings is 1. The van der Waals surface area contributed by atoms with E-state index in [-0.39, 0.29) is 5.56 Å². The first kappa shape index (κ1) is 8.52. The molecule has 0 saturated heterocycles. The average Bonchev–Trinajstić information content (AvgIpc) is 2.71. The fourth-order valence-electron chi connectivity index (χ4n) is 1.29. The first-order chi connectivity index (χ1) is 6.81. The van der Waals surface area contributed by atoms with Gasteiger partial charge in [0.05, 0.1) is 5.56 Å². The van der Waals surface area contributed by atoms with Gasteiger partial charge in [-0.05, 0) is 35.9 Å². The Morgan fingerprint density at radius 1 is 1.29 bits per heavy atom. The topological polar surface area (TPSA) is 39.6 Å². The first-order valence-corrected chi connectivity index (χ1v) is 4.14. The minimum Gasteiger partial charge on any atom is -0.361 e. The molecule has 0 aliphatic rings. The highest BCUT2D eigenvalue weighted by Crippen LogP contribution is 2.19. The van der Waals surface area contributed by atoms with Crippen LogP contribution in [0.25, 0.3) is 11.3 Å². The van der Waals surface area contributed by atoms with E-state index in [9.17, 15) is 4.39 Å². The second kappa shape index (κ2) is 3.35. The zero-order valence-electron chi connectivity index (χ0n) is 7.29. The lowest BCUT2D eigenvalue weighted by Gasteiger charge is -1.99. The van der Waals surface area contributed by atoms with E-state index >= 15 is 0 Å². The van der Waals surface area contributed by atoms with Crippen LogP contribution in [0.4, 0.5) is 4.39 Å². The molecular weight excluding hydrogens is 179 g/mol. The quantitative estimate of drug-likeness (QED) is 0.730. The van der Waals surface area contributed by atoms with Crippen LogP contribution in [0.5, 0.6) is 0 Å². The Morgan fingerprint density at radius 3 is 2.79 bits per heavy atom. The van der Waals surface area contributed by atoms with Gasteiger partial charge in [0.25, 0.3) is 0 Å². The second-order valence-corrected chi connectivity index (χ2v) is 2.89. The zero-order chi connectivity index (χ0) is 9.97. The van der Waals surface area contributed by atoms with Gasteiger partial charge < -0.3 is 4.98 Å². The van der Waals surface area contributed by atoms with Crippen molar-refractivity contribution in [2.75, 3.05) is 0 Å². The molecule has 0 aliphatic heterocycles. The van der Waals surface area contributed by atoms with E-state index in [4.69, 9.17) is 5.26 Å². The molecular formula is C11H7FN2. The number of hydrogen-bond acceptors (Lipinski definition) is 1. The van der Waals surface area contributed by atoms with Crippen molar-refractivity contribution in [3.63, 3.8) is 0 Å². The van der Waals surface area contributed by atoms with Gasteiger partial charge in [0.1, 0.15) is 11.9 Å². The van der Waals surface area contributed by atoms with Gasteiger partial charge in [-0.2, -0.15) is 5.26 Å². The van der Waals surface area contributed by atoms with Crippen LogP contribution in [0.3, 0.4) is 0 Å². The minimum atomic E-state index is -0.484. The number of rotatable bonds is 1. The van der Waals surface area contributed by atoms with Crippen molar-refractivity contribution in [1.29, 1.82) is 5.26 Å². The molecule has 1 aromatic carbocycles. The van der Waals surface area contributed by atoms with Crippen molar-refractivity contribution in [2.24, 2.45) is 0 Å². The molecule has 1 heterocycles. The van der Waals surface area contributed by atoms with E-state index in [2.05, 4.69) is 4.98 Å². The van der Waals surface area contributed by atoms with Crippen molar-refractivity contribution < 1.29 is 4.39 Å². The highest BCUT2D eigenvalue weighted by atomic mass is 19.1. The summed E-state index contributed by atoms with van der Waals surface area (Å²) >= 11 is 0. The summed E-state index contributed by atoms with van der Waals surface area (Å²) in [4.78, 5) is 2.99. The van der Waals surface area contributed by atoms with Crippen molar-refractivity contribution >= 4 is 0 Å². The molecule has 68 valence electrons. The molecule has 0 aliphatic carbocycles. The molecule has 0 bridgehead atoms. The van der Waals surface area contributed by atoms with E-state index in [1.54, 1.807) is 12.3 Å². The van der Waals surface area contributed by atoms with Gasteiger partial charge in [-0.3, -0.25) is 0 Å². The lowest BCUT2D eigenvalue weighted by molar-refractivity contribution is 0.624. The van der Waals surface area contributed by atoms with Crippen LogP contribution in [0.1, 0.15) is 5.56 Å². The Balaban J connectivity index is 2.53. The maximum absolute atomic E-state index is 13.0. The third-order valence-electron chi connectivity index (χ3n) is 2.00. The van der Waals surface area contributed by atoms with Crippen LogP contribution in [-0.4, -0.2) is 4.98 Å². The molecule has 3 heteroatoms. The standard InChI is InChI=1S/C11H7FN2/c12-10-4-3-8(6-9(10)7-13)11-2-1-5-14-11/h1-6,14H. The molecule has 0 amide bonds. The molecule has 2 nitrogen and oxygen atoms in total. The Hall–Kier alpha value is -2.08. The van der Waals surface area contributed by atoms with E-state index < -0.39 is 5.82 Å². The molecule has 0 saturated carbocycles. The number of H-pyrrole nitrogens is 1. The summed E-state index contributed by atoms with van der Waals surface area (Å²) in [6, 6.07) is 10.0. The molecule has 1 aromatic heterocycles. The monoisotopic (exact) mass is 186 g/mol. The average molecular weight is 186 g/mol. The minimum absolute atomic E-state index is 0.0668. The summed E-state index contributed by atoms with van der Waals surface area (Å²) in [5, 5.41) is 8.64. The summed E-state index contributed by atoms with van der Waals surface area (Å²) in [6.45, 7) is 0. The lowest BCUT2D eigenvalue weighted by Crippen LogP contribution is -1.85. The predicted molar refractivity (Wildman–Crippen MR) is 50.9 cm³/mol.